The van der Waals surface area contributed by atoms with Gasteiger partial charge in [0.2, 0.25) is 0 Å². The smallest absolute Gasteiger partial charge is 0.364 e. The molecule has 1 aromatic carbocycles. The highest BCUT2D eigenvalue weighted by molar-refractivity contribution is 5.64. The van der Waals surface area contributed by atoms with Gasteiger partial charge in [0.15, 0.2) is 0 Å². The minimum atomic E-state index is -4.37. The lowest BCUT2D eigenvalue weighted by molar-refractivity contribution is -0.137. The minimum Gasteiger partial charge on any atom is -0.364 e. The number of aryl methyl sites for hydroxylation is 1. The van der Waals surface area contributed by atoms with Crippen LogP contribution < -0.4 is 5.32 Å². The van der Waals surface area contributed by atoms with Gasteiger partial charge in [-0.05, 0) is 37.2 Å². The Bertz CT molecular complexity index is 776. The summed E-state index contributed by atoms with van der Waals surface area (Å²) in [6.07, 6.45) is -4.83. The Morgan fingerprint density at radius 1 is 1.15 bits per heavy atom. The fourth-order valence-corrected chi connectivity index (χ4v) is 3.35. The first kappa shape index (κ1) is 19.5. The van der Waals surface area contributed by atoms with E-state index >= 15 is 0 Å². The van der Waals surface area contributed by atoms with Crippen LogP contribution in [0.2, 0.25) is 0 Å². The number of aromatic nitrogens is 2. The highest BCUT2D eigenvalue weighted by Crippen LogP contribution is 2.31. The molecule has 1 aromatic heterocycles. The van der Waals surface area contributed by atoms with Crippen LogP contribution >= 0.6 is 0 Å². The Hall–Kier alpha value is -2.22. The maximum absolute atomic E-state index is 13.9. The molecular formula is C19H22F4N4. The topological polar surface area (TPSA) is 41.0 Å². The molecule has 8 heteroatoms. The van der Waals surface area contributed by atoms with E-state index in [0.717, 1.165) is 30.8 Å². The molecule has 0 aliphatic carbocycles. The van der Waals surface area contributed by atoms with Gasteiger partial charge in [-0.15, -0.1) is 10.2 Å². The number of hydrogen-bond donors (Lipinski definition) is 1. The van der Waals surface area contributed by atoms with Crippen LogP contribution in [0.15, 0.2) is 30.3 Å². The number of likely N-dealkylation sites (tertiary alicyclic amines) is 1. The van der Waals surface area contributed by atoms with Gasteiger partial charge < -0.3 is 5.32 Å². The predicted octanol–water partition coefficient (Wildman–Crippen LogP) is 4.32. The van der Waals surface area contributed by atoms with Crippen LogP contribution in [0.4, 0.5) is 23.4 Å². The zero-order valence-electron chi connectivity index (χ0n) is 15.2. The molecule has 0 bridgehead atoms. The third-order valence-corrected chi connectivity index (χ3v) is 4.74. The summed E-state index contributed by atoms with van der Waals surface area (Å²) >= 11 is 0. The van der Waals surface area contributed by atoms with Gasteiger partial charge in [-0.2, -0.15) is 13.2 Å². The summed E-state index contributed by atoms with van der Waals surface area (Å²) in [7, 11) is 0. The van der Waals surface area contributed by atoms with Crippen molar-refractivity contribution in [3.05, 3.63) is 41.5 Å². The number of nitrogens with zero attached hydrogens (tertiary/aromatic N) is 3. The average molecular weight is 382 g/mol. The molecule has 0 unspecified atom stereocenters. The summed E-state index contributed by atoms with van der Waals surface area (Å²) in [6, 6.07) is 6.58. The summed E-state index contributed by atoms with van der Waals surface area (Å²) < 4.78 is 51.9. The number of piperidine rings is 1. The van der Waals surface area contributed by atoms with E-state index in [1.165, 1.54) is 12.1 Å². The van der Waals surface area contributed by atoms with Crippen molar-refractivity contribution in [3.8, 4) is 11.3 Å². The van der Waals surface area contributed by atoms with Gasteiger partial charge in [0.25, 0.3) is 0 Å². The molecule has 27 heavy (non-hydrogen) atoms. The second-order valence-corrected chi connectivity index (χ2v) is 6.86. The van der Waals surface area contributed by atoms with E-state index < -0.39 is 17.9 Å². The fraction of sp³-hybridized carbons (Fsp3) is 0.474. The van der Waals surface area contributed by atoms with Crippen LogP contribution in [-0.4, -0.2) is 46.9 Å². The second-order valence-electron chi connectivity index (χ2n) is 6.86. The van der Waals surface area contributed by atoms with E-state index in [2.05, 4.69) is 15.5 Å². The molecule has 146 valence electrons. The van der Waals surface area contributed by atoms with Crippen LogP contribution in [0.1, 0.15) is 24.5 Å². The molecule has 0 radical (unpaired) electrons. The van der Waals surface area contributed by atoms with Crippen molar-refractivity contribution in [3.63, 3.8) is 0 Å². The minimum absolute atomic E-state index is 0.0562. The monoisotopic (exact) mass is 382 g/mol. The SMILES string of the molecule is CCN1C[C@H](F)C[C@@H](Nc2cc(C)c(-c3ccc(C(F)(F)F)cc3)nn2)C1. The molecule has 2 heterocycles. The maximum atomic E-state index is 13.9. The molecular weight excluding hydrogens is 360 g/mol. The van der Waals surface area contributed by atoms with Gasteiger partial charge >= 0.3 is 6.18 Å². The van der Waals surface area contributed by atoms with Crippen molar-refractivity contribution < 1.29 is 17.6 Å². The lowest BCUT2D eigenvalue weighted by atomic mass is 10.0. The van der Waals surface area contributed by atoms with Crippen LogP contribution in [0.3, 0.4) is 0 Å². The number of nitrogens with one attached hydrogen (secondary N) is 1. The van der Waals surface area contributed by atoms with Crippen molar-refractivity contribution >= 4 is 5.82 Å². The zero-order valence-corrected chi connectivity index (χ0v) is 15.2. The van der Waals surface area contributed by atoms with Gasteiger partial charge in [0.05, 0.1) is 11.3 Å². The van der Waals surface area contributed by atoms with Crippen molar-refractivity contribution in [2.24, 2.45) is 0 Å². The van der Waals surface area contributed by atoms with E-state index in [-0.39, 0.29) is 6.04 Å². The number of anilines is 1. The zero-order chi connectivity index (χ0) is 19.6. The van der Waals surface area contributed by atoms with Crippen molar-refractivity contribution in [2.75, 3.05) is 25.0 Å². The number of alkyl halides is 4. The van der Waals surface area contributed by atoms with E-state index in [4.69, 9.17) is 0 Å². The van der Waals surface area contributed by atoms with Crippen LogP contribution in [0, 0.1) is 6.92 Å². The molecule has 0 amide bonds. The number of rotatable bonds is 4. The number of benzene rings is 1. The molecule has 1 aliphatic rings. The van der Waals surface area contributed by atoms with Crippen molar-refractivity contribution in [1.29, 1.82) is 0 Å². The Morgan fingerprint density at radius 3 is 2.44 bits per heavy atom. The molecule has 4 nitrogen and oxygen atoms in total. The highest BCUT2D eigenvalue weighted by atomic mass is 19.4. The Labute approximate surface area is 155 Å². The molecule has 1 aliphatic heterocycles. The Morgan fingerprint density at radius 2 is 1.85 bits per heavy atom. The van der Waals surface area contributed by atoms with E-state index in [0.29, 0.717) is 30.0 Å². The molecule has 3 rings (SSSR count). The Balaban J connectivity index is 1.74. The lowest BCUT2D eigenvalue weighted by Gasteiger charge is -2.34. The van der Waals surface area contributed by atoms with Gasteiger partial charge in [0.1, 0.15) is 12.0 Å². The largest absolute Gasteiger partial charge is 0.416 e. The lowest BCUT2D eigenvalue weighted by Crippen LogP contribution is -2.47. The molecule has 2 atom stereocenters. The molecule has 1 N–H and O–H groups in total. The second kappa shape index (κ2) is 7.80. The molecule has 0 saturated carbocycles. The Kier molecular flexibility index (Phi) is 5.64. The van der Waals surface area contributed by atoms with Crippen LogP contribution in [0.25, 0.3) is 11.3 Å². The molecule has 0 spiro atoms. The van der Waals surface area contributed by atoms with Crippen molar-refractivity contribution in [2.45, 2.75) is 38.7 Å². The van der Waals surface area contributed by atoms with Gasteiger partial charge in [-0.25, -0.2) is 4.39 Å². The van der Waals surface area contributed by atoms with E-state index in [1.54, 1.807) is 6.07 Å². The summed E-state index contributed by atoms with van der Waals surface area (Å²) in [5.41, 5.74) is 1.18. The summed E-state index contributed by atoms with van der Waals surface area (Å²) in [5, 5.41) is 11.5. The average Bonchev–Trinajstić information content (AvgIpc) is 2.60. The first-order chi connectivity index (χ1) is 12.8. The van der Waals surface area contributed by atoms with Crippen molar-refractivity contribution in [1.82, 2.24) is 15.1 Å². The first-order valence-corrected chi connectivity index (χ1v) is 8.91. The van der Waals surface area contributed by atoms with Gasteiger partial charge in [-0.1, -0.05) is 19.1 Å². The number of halogens is 4. The maximum Gasteiger partial charge on any atom is 0.416 e. The molecule has 1 saturated heterocycles. The molecule has 2 aromatic rings. The molecule has 1 fully saturated rings. The van der Waals surface area contributed by atoms with E-state index in [1.807, 2.05) is 18.7 Å². The van der Waals surface area contributed by atoms with Crippen LogP contribution in [-0.2, 0) is 6.18 Å². The summed E-state index contributed by atoms with van der Waals surface area (Å²) in [6.45, 7) is 5.79. The fourth-order valence-electron chi connectivity index (χ4n) is 3.35. The number of hydrogen-bond acceptors (Lipinski definition) is 4. The quantitative estimate of drug-likeness (QED) is 0.800. The first-order valence-electron chi connectivity index (χ1n) is 8.91. The highest BCUT2D eigenvalue weighted by Gasteiger charge is 2.30. The summed E-state index contributed by atoms with van der Waals surface area (Å²) in [4.78, 5) is 2.04. The number of likely N-dealkylation sites (N-methyl/N-ethyl adjacent to an activating group) is 1. The summed E-state index contributed by atoms with van der Waals surface area (Å²) in [5.74, 6) is 0.540. The van der Waals surface area contributed by atoms with Gasteiger partial charge in [0, 0.05) is 31.1 Å². The van der Waals surface area contributed by atoms with Gasteiger partial charge in [-0.3, -0.25) is 4.90 Å². The predicted molar refractivity (Wildman–Crippen MR) is 96.2 cm³/mol. The van der Waals surface area contributed by atoms with E-state index in [9.17, 15) is 17.6 Å². The van der Waals surface area contributed by atoms with Crippen LogP contribution in [0.5, 0.6) is 0 Å². The third-order valence-electron chi connectivity index (χ3n) is 4.74. The third kappa shape index (κ3) is 4.74. The normalized spacial score (nSPS) is 21.3. The standard InChI is InChI=1S/C19H22F4N4/c1-3-27-10-15(20)9-16(11-27)24-17-8-12(2)18(26-25-17)13-4-6-14(7-5-13)19(21,22)23/h4-8,15-16H,3,9-11H2,1-2H3,(H,24,25)/t15-,16-/m1/s1.